The number of nitrogens with two attached hydrogens (primary N) is 1. The fourth-order valence-electron chi connectivity index (χ4n) is 1.72. The maximum atomic E-state index is 9.54. The van der Waals surface area contributed by atoms with Crippen LogP contribution in [0.3, 0.4) is 0 Å². The molecule has 0 fully saturated rings. The molecule has 2 unspecified atom stereocenters. The van der Waals surface area contributed by atoms with Gasteiger partial charge in [-0.3, -0.25) is 0 Å². The normalized spacial score (nSPS) is 22.2. The predicted octanol–water partition coefficient (Wildman–Crippen LogP) is 0.343. The third-order valence-corrected chi connectivity index (χ3v) is 2.50. The SMILES string of the molecule is NCC(O)C1Cc2ccccc2N1. The highest BCUT2D eigenvalue weighted by molar-refractivity contribution is 5.56. The van der Waals surface area contributed by atoms with Crippen LogP contribution in [0, 0.1) is 0 Å². The van der Waals surface area contributed by atoms with E-state index < -0.39 is 6.10 Å². The second-order valence-corrected chi connectivity index (χ2v) is 3.42. The average Bonchev–Trinajstić information content (AvgIpc) is 2.59. The van der Waals surface area contributed by atoms with E-state index in [0.29, 0.717) is 6.54 Å². The van der Waals surface area contributed by atoms with Crippen LogP contribution in [0.4, 0.5) is 5.69 Å². The van der Waals surface area contributed by atoms with E-state index in [1.807, 2.05) is 18.2 Å². The number of nitrogens with one attached hydrogen (secondary N) is 1. The number of aliphatic hydroxyl groups excluding tert-OH is 1. The average molecular weight is 178 g/mol. The lowest BCUT2D eigenvalue weighted by atomic mass is 10.1. The van der Waals surface area contributed by atoms with Crippen LogP contribution in [-0.4, -0.2) is 23.8 Å². The highest BCUT2D eigenvalue weighted by atomic mass is 16.3. The lowest BCUT2D eigenvalue weighted by Crippen LogP contribution is -2.37. The lowest BCUT2D eigenvalue weighted by Gasteiger charge is -2.16. The molecule has 1 aliphatic heterocycles. The highest BCUT2D eigenvalue weighted by Crippen LogP contribution is 2.26. The molecule has 2 rings (SSSR count). The van der Waals surface area contributed by atoms with Crippen molar-refractivity contribution in [3.8, 4) is 0 Å². The van der Waals surface area contributed by atoms with Gasteiger partial charge in [-0.25, -0.2) is 0 Å². The minimum Gasteiger partial charge on any atom is -0.390 e. The summed E-state index contributed by atoms with van der Waals surface area (Å²) in [4.78, 5) is 0. The molecule has 0 radical (unpaired) electrons. The molecule has 13 heavy (non-hydrogen) atoms. The zero-order valence-electron chi connectivity index (χ0n) is 7.40. The maximum absolute atomic E-state index is 9.54. The summed E-state index contributed by atoms with van der Waals surface area (Å²) < 4.78 is 0. The van der Waals surface area contributed by atoms with Gasteiger partial charge in [-0.15, -0.1) is 0 Å². The van der Waals surface area contributed by atoms with Crippen LogP contribution in [0.15, 0.2) is 24.3 Å². The Balaban J connectivity index is 2.14. The molecule has 0 saturated heterocycles. The van der Waals surface area contributed by atoms with E-state index in [0.717, 1.165) is 12.1 Å². The van der Waals surface area contributed by atoms with Crippen molar-refractivity contribution in [2.75, 3.05) is 11.9 Å². The van der Waals surface area contributed by atoms with Crippen LogP contribution in [0.2, 0.25) is 0 Å². The molecule has 0 spiro atoms. The molecule has 0 bridgehead atoms. The number of aliphatic hydroxyl groups is 1. The second kappa shape index (κ2) is 3.36. The first kappa shape index (κ1) is 8.53. The Bertz CT molecular complexity index is 276. The van der Waals surface area contributed by atoms with Crippen molar-refractivity contribution in [2.45, 2.75) is 18.6 Å². The topological polar surface area (TPSA) is 58.3 Å². The van der Waals surface area contributed by atoms with Crippen molar-refractivity contribution in [2.24, 2.45) is 5.73 Å². The number of fused-ring (bicyclic) bond motifs is 1. The van der Waals surface area contributed by atoms with E-state index >= 15 is 0 Å². The first-order chi connectivity index (χ1) is 6.31. The van der Waals surface area contributed by atoms with E-state index in [2.05, 4.69) is 11.4 Å². The fourth-order valence-corrected chi connectivity index (χ4v) is 1.72. The molecule has 1 aromatic rings. The molecule has 0 amide bonds. The smallest absolute Gasteiger partial charge is 0.0866 e. The van der Waals surface area contributed by atoms with Crippen LogP contribution in [0.1, 0.15) is 5.56 Å². The Morgan fingerprint density at radius 2 is 2.31 bits per heavy atom. The number of para-hydroxylation sites is 1. The molecule has 4 N–H and O–H groups in total. The Morgan fingerprint density at radius 3 is 3.00 bits per heavy atom. The molecule has 3 nitrogen and oxygen atoms in total. The van der Waals surface area contributed by atoms with Gasteiger partial charge in [0.05, 0.1) is 12.1 Å². The molecule has 1 aliphatic rings. The Morgan fingerprint density at radius 1 is 1.54 bits per heavy atom. The van der Waals surface area contributed by atoms with Crippen molar-refractivity contribution in [3.63, 3.8) is 0 Å². The van der Waals surface area contributed by atoms with Gasteiger partial charge in [0.15, 0.2) is 0 Å². The monoisotopic (exact) mass is 178 g/mol. The zero-order valence-corrected chi connectivity index (χ0v) is 7.40. The zero-order chi connectivity index (χ0) is 9.26. The summed E-state index contributed by atoms with van der Waals surface area (Å²) in [5.74, 6) is 0. The van der Waals surface area contributed by atoms with Gasteiger partial charge >= 0.3 is 0 Å². The van der Waals surface area contributed by atoms with E-state index in [-0.39, 0.29) is 6.04 Å². The lowest BCUT2D eigenvalue weighted by molar-refractivity contribution is 0.162. The van der Waals surface area contributed by atoms with Crippen molar-refractivity contribution < 1.29 is 5.11 Å². The van der Waals surface area contributed by atoms with Crippen molar-refractivity contribution in [3.05, 3.63) is 29.8 Å². The summed E-state index contributed by atoms with van der Waals surface area (Å²) in [5.41, 5.74) is 7.79. The molecule has 0 aliphatic carbocycles. The first-order valence-electron chi connectivity index (χ1n) is 4.54. The quantitative estimate of drug-likeness (QED) is 0.612. The standard InChI is InChI=1S/C10H14N2O/c11-6-10(13)9-5-7-3-1-2-4-8(7)12-9/h1-4,9-10,12-13H,5-6,11H2. The number of hydrogen-bond acceptors (Lipinski definition) is 3. The van der Waals surface area contributed by atoms with Gasteiger partial charge < -0.3 is 16.2 Å². The third kappa shape index (κ3) is 1.53. The van der Waals surface area contributed by atoms with Crippen LogP contribution >= 0.6 is 0 Å². The van der Waals surface area contributed by atoms with Crippen molar-refractivity contribution in [1.29, 1.82) is 0 Å². The van der Waals surface area contributed by atoms with Crippen LogP contribution in [0.25, 0.3) is 0 Å². The maximum Gasteiger partial charge on any atom is 0.0866 e. The molecule has 2 atom stereocenters. The number of benzene rings is 1. The molecular weight excluding hydrogens is 164 g/mol. The van der Waals surface area contributed by atoms with Gasteiger partial charge in [0.2, 0.25) is 0 Å². The fraction of sp³-hybridized carbons (Fsp3) is 0.400. The molecule has 0 saturated carbocycles. The summed E-state index contributed by atoms with van der Waals surface area (Å²) in [6.45, 7) is 0.311. The van der Waals surface area contributed by atoms with Crippen molar-refractivity contribution >= 4 is 5.69 Å². The largest absolute Gasteiger partial charge is 0.390 e. The Kier molecular flexibility index (Phi) is 2.20. The first-order valence-corrected chi connectivity index (χ1v) is 4.54. The van der Waals surface area contributed by atoms with E-state index in [4.69, 9.17) is 5.73 Å². The van der Waals surface area contributed by atoms with E-state index in [9.17, 15) is 5.11 Å². The molecular formula is C10H14N2O. The molecule has 70 valence electrons. The minimum absolute atomic E-state index is 0.0856. The van der Waals surface area contributed by atoms with Crippen LogP contribution in [-0.2, 0) is 6.42 Å². The Hall–Kier alpha value is -1.06. The van der Waals surface area contributed by atoms with Crippen LogP contribution < -0.4 is 11.1 Å². The summed E-state index contributed by atoms with van der Waals surface area (Å²) in [5, 5.41) is 12.8. The summed E-state index contributed by atoms with van der Waals surface area (Å²) in [6.07, 6.45) is 0.418. The van der Waals surface area contributed by atoms with E-state index in [1.54, 1.807) is 0 Å². The third-order valence-electron chi connectivity index (χ3n) is 2.50. The summed E-state index contributed by atoms with van der Waals surface area (Å²) in [7, 11) is 0. The van der Waals surface area contributed by atoms with E-state index in [1.165, 1.54) is 5.56 Å². The number of hydrogen-bond donors (Lipinski definition) is 3. The van der Waals surface area contributed by atoms with Gasteiger partial charge in [-0.2, -0.15) is 0 Å². The predicted molar refractivity (Wildman–Crippen MR) is 52.6 cm³/mol. The highest BCUT2D eigenvalue weighted by Gasteiger charge is 2.25. The van der Waals surface area contributed by atoms with Gasteiger partial charge in [-0.1, -0.05) is 18.2 Å². The molecule has 3 heteroatoms. The minimum atomic E-state index is -0.451. The molecule has 0 aromatic heterocycles. The van der Waals surface area contributed by atoms with Crippen molar-refractivity contribution in [1.82, 2.24) is 0 Å². The summed E-state index contributed by atoms with van der Waals surface area (Å²) in [6, 6.07) is 8.19. The van der Waals surface area contributed by atoms with Crippen LogP contribution in [0.5, 0.6) is 0 Å². The Labute approximate surface area is 77.6 Å². The number of anilines is 1. The van der Waals surface area contributed by atoms with Gasteiger partial charge in [0.1, 0.15) is 0 Å². The van der Waals surface area contributed by atoms with Gasteiger partial charge in [0, 0.05) is 12.2 Å². The summed E-state index contributed by atoms with van der Waals surface area (Å²) >= 11 is 0. The second-order valence-electron chi connectivity index (χ2n) is 3.42. The van der Waals surface area contributed by atoms with Gasteiger partial charge in [-0.05, 0) is 18.1 Å². The molecule has 1 aromatic carbocycles. The molecule has 1 heterocycles. The number of rotatable bonds is 2. The van der Waals surface area contributed by atoms with Gasteiger partial charge in [0.25, 0.3) is 0 Å².